The van der Waals surface area contributed by atoms with Gasteiger partial charge < -0.3 is 14.7 Å². The van der Waals surface area contributed by atoms with Crippen molar-refractivity contribution in [1.82, 2.24) is 9.88 Å². The Hall–Kier alpha value is -2.14. The molecule has 0 spiro atoms. The number of aromatic nitrogens is 1. The van der Waals surface area contributed by atoms with Crippen LogP contribution in [0.3, 0.4) is 0 Å². The number of unbranched alkanes of at least 4 members (excludes halogenated alkanes) is 1. The van der Waals surface area contributed by atoms with Gasteiger partial charge in [-0.3, -0.25) is 9.78 Å². The number of aliphatic hydroxyl groups excluding tert-OH is 1. The number of carbonyl (C=O) groups is 1. The van der Waals surface area contributed by atoms with Crippen molar-refractivity contribution in [2.24, 2.45) is 0 Å². The van der Waals surface area contributed by atoms with Crippen LogP contribution in [0.1, 0.15) is 41.7 Å². The van der Waals surface area contributed by atoms with Gasteiger partial charge in [0, 0.05) is 30.3 Å². The lowest BCUT2D eigenvalue weighted by Gasteiger charge is -2.23. The lowest BCUT2D eigenvalue weighted by atomic mass is 10.1. The van der Waals surface area contributed by atoms with E-state index in [1.165, 1.54) is 0 Å². The molecule has 0 atom stereocenters. The predicted molar refractivity (Wildman–Crippen MR) is 93.4 cm³/mol. The molecule has 1 aliphatic carbocycles. The molecule has 0 radical (unpaired) electrons. The predicted octanol–water partition coefficient (Wildman–Crippen LogP) is 2.93. The summed E-state index contributed by atoms with van der Waals surface area (Å²) in [5.74, 6) is 0.777. The first kappa shape index (κ1) is 16.7. The minimum atomic E-state index is 0.0548. The molecule has 0 unspecified atom stereocenters. The van der Waals surface area contributed by atoms with Gasteiger partial charge in [-0.15, -0.1) is 0 Å². The first-order valence-corrected chi connectivity index (χ1v) is 8.51. The molecule has 1 amide bonds. The summed E-state index contributed by atoms with van der Waals surface area (Å²) in [6.07, 6.45) is 3.68. The van der Waals surface area contributed by atoms with Crippen molar-refractivity contribution >= 4 is 16.8 Å². The molecule has 1 fully saturated rings. The van der Waals surface area contributed by atoms with Gasteiger partial charge in [0.25, 0.3) is 5.91 Å². The van der Waals surface area contributed by atoms with Gasteiger partial charge in [0.15, 0.2) is 0 Å². The lowest BCUT2D eigenvalue weighted by Crippen LogP contribution is -2.34. The van der Waals surface area contributed by atoms with Gasteiger partial charge >= 0.3 is 0 Å². The fourth-order valence-corrected chi connectivity index (χ4v) is 3.03. The van der Waals surface area contributed by atoms with Gasteiger partial charge in [-0.2, -0.15) is 0 Å². The summed E-state index contributed by atoms with van der Waals surface area (Å²) in [5.41, 5.74) is 2.33. The van der Waals surface area contributed by atoms with E-state index in [1.807, 2.05) is 36.1 Å². The topological polar surface area (TPSA) is 62.7 Å². The highest BCUT2D eigenvalue weighted by Gasteiger charge is 2.33. The molecular formula is C19H24N2O3. The normalized spacial score (nSPS) is 14.0. The van der Waals surface area contributed by atoms with E-state index in [1.54, 1.807) is 7.11 Å². The van der Waals surface area contributed by atoms with E-state index in [4.69, 9.17) is 9.84 Å². The van der Waals surface area contributed by atoms with Crippen LogP contribution in [0.15, 0.2) is 24.3 Å². The van der Waals surface area contributed by atoms with Crippen LogP contribution in [0.5, 0.6) is 5.75 Å². The zero-order valence-electron chi connectivity index (χ0n) is 14.3. The third kappa shape index (κ3) is 3.51. The number of nitrogens with zero attached hydrogens (tertiary/aromatic N) is 2. The van der Waals surface area contributed by atoms with Crippen LogP contribution >= 0.6 is 0 Å². The molecule has 5 heteroatoms. The summed E-state index contributed by atoms with van der Waals surface area (Å²) in [6, 6.07) is 7.85. The summed E-state index contributed by atoms with van der Waals surface area (Å²) in [7, 11) is 1.62. The number of carbonyl (C=O) groups excluding carboxylic acids is 1. The number of amides is 1. The van der Waals surface area contributed by atoms with Crippen LogP contribution in [-0.4, -0.2) is 47.2 Å². The number of aliphatic hydroxyl groups is 1. The smallest absolute Gasteiger partial charge is 0.254 e. The second kappa shape index (κ2) is 7.18. The lowest BCUT2D eigenvalue weighted by molar-refractivity contribution is 0.0739. The van der Waals surface area contributed by atoms with Gasteiger partial charge in [0.2, 0.25) is 0 Å². The fraction of sp³-hybridized carbons (Fsp3) is 0.474. The third-order valence-electron chi connectivity index (χ3n) is 4.43. The molecule has 1 aromatic heterocycles. The van der Waals surface area contributed by atoms with Gasteiger partial charge in [-0.1, -0.05) is 0 Å². The Morgan fingerprint density at radius 3 is 2.79 bits per heavy atom. The molecular weight excluding hydrogens is 304 g/mol. The average Bonchev–Trinajstić information content (AvgIpc) is 3.42. The van der Waals surface area contributed by atoms with Crippen LogP contribution in [0, 0.1) is 6.92 Å². The molecule has 3 rings (SSSR count). The van der Waals surface area contributed by atoms with Crippen LogP contribution in [0.4, 0.5) is 0 Å². The van der Waals surface area contributed by atoms with E-state index in [9.17, 15) is 4.79 Å². The molecule has 128 valence electrons. The second-order valence-corrected chi connectivity index (χ2v) is 6.35. The first-order chi connectivity index (χ1) is 11.6. The monoisotopic (exact) mass is 328 g/mol. The number of pyridine rings is 1. The fourth-order valence-electron chi connectivity index (χ4n) is 3.03. The Balaban J connectivity index is 1.97. The quantitative estimate of drug-likeness (QED) is 0.794. The number of hydrogen-bond donors (Lipinski definition) is 1. The van der Waals surface area contributed by atoms with E-state index in [0.717, 1.165) is 48.0 Å². The van der Waals surface area contributed by atoms with Crippen molar-refractivity contribution in [3.05, 3.63) is 35.5 Å². The third-order valence-corrected chi connectivity index (χ3v) is 4.43. The van der Waals surface area contributed by atoms with Crippen LogP contribution in [0.2, 0.25) is 0 Å². The number of fused-ring (bicyclic) bond motifs is 1. The zero-order chi connectivity index (χ0) is 17.1. The van der Waals surface area contributed by atoms with Gasteiger partial charge in [0.1, 0.15) is 5.75 Å². The summed E-state index contributed by atoms with van der Waals surface area (Å²) in [6.45, 7) is 2.77. The number of benzene rings is 1. The molecule has 5 nitrogen and oxygen atoms in total. The Bertz CT molecular complexity index is 741. The van der Waals surface area contributed by atoms with E-state index in [-0.39, 0.29) is 12.5 Å². The average molecular weight is 328 g/mol. The second-order valence-electron chi connectivity index (χ2n) is 6.35. The van der Waals surface area contributed by atoms with Crippen LogP contribution in [-0.2, 0) is 0 Å². The Labute approximate surface area is 142 Å². The summed E-state index contributed by atoms with van der Waals surface area (Å²) in [5, 5.41) is 9.83. The van der Waals surface area contributed by atoms with Crippen molar-refractivity contribution in [3.8, 4) is 5.75 Å². The molecule has 24 heavy (non-hydrogen) atoms. The van der Waals surface area contributed by atoms with Crippen LogP contribution < -0.4 is 4.74 Å². The van der Waals surface area contributed by atoms with E-state index < -0.39 is 0 Å². The highest BCUT2D eigenvalue weighted by molar-refractivity contribution is 6.06. The molecule has 1 heterocycles. The number of methoxy groups -OCH3 is 1. The largest absolute Gasteiger partial charge is 0.497 e. The molecule has 1 saturated carbocycles. The summed E-state index contributed by atoms with van der Waals surface area (Å²) >= 11 is 0. The Morgan fingerprint density at radius 2 is 2.12 bits per heavy atom. The van der Waals surface area contributed by atoms with Gasteiger partial charge in [-0.25, -0.2) is 0 Å². The van der Waals surface area contributed by atoms with Crippen LogP contribution in [0.25, 0.3) is 10.9 Å². The van der Waals surface area contributed by atoms with Crippen molar-refractivity contribution in [3.63, 3.8) is 0 Å². The highest BCUT2D eigenvalue weighted by atomic mass is 16.5. The maximum atomic E-state index is 13.2. The number of ether oxygens (including phenoxy) is 1. The van der Waals surface area contributed by atoms with E-state index >= 15 is 0 Å². The SMILES string of the molecule is COc1ccc2nc(C)cc(C(=O)N(CCCCO)C3CC3)c2c1. The van der Waals surface area contributed by atoms with Crippen molar-refractivity contribution < 1.29 is 14.6 Å². The molecule has 2 aromatic rings. The number of hydrogen-bond acceptors (Lipinski definition) is 4. The minimum Gasteiger partial charge on any atom is -0.497 e. The van der Waals surface area contributed by atoms with Gasteiger partial charge in [-0.05, 0) is 56.9 Å². The zero-order valence-corrected chi connectivity index (χ0v) is 14.3. The molecule has 0 saturated heterocycles. The van der Waals surface area contributed by atoms with E-state index in [2.05, 4.69) is 4.98 Å². The maximum Gasteiger partial charge on any atom is 0.254 e. The highest BCUT2D eigenvalue weighted by Crippen LogP contribution is 2.31. The number of rotatable bonds is 7. The Kier molecular flexibility index (Phi) is 5.00. The maximum absolute atomic E-state index is 13.2. The molecule has 0 bridgehead atoms. The molecule has 0 aliphatic heterocycles. The molecule has 1 aromatic carbocycles. The standard InChI is InChI=1S/C19H24N2O3/c1-13-11-17(16-12-15(24-2)7-8-18(16)20-13)19(23)21(14-5-6-14)9-3-4-10-22/h7-8,11-12,14,22H,3-6,9-10H2,1-2H3. The Morgan fingerprint density at radius 1 is 1.33 bits per heavy atom. The van der Waals surface area contributed by atoms with Gasteiger partial charge in [0.05, 0.1) is 18.2 Å². The van der Waals surface area contributed by atoms with E-state index in [0.29, 0.717) is 18.2 Å². The number of aryl methyl sites for hydroxylation is 1. The summed E-state index contributed by atoms with van der Waals surface area (Å²) in [4.78, 5) is 19.7. The van der Waals surface area contributed by atoms with Crippen molar-refractivity contribution in [1.29, 1.82) is 0 Å². The summed E-state index contributed by atoms with van der Waals surface area (Å²) < 4.78 is 5.31. The molecule has 1 N–H and O–H groups in total. The minimum absolute atomic E-state index is 0.0548. The molecule has 1 aliphatic rings. The first-order valence-electron chi connectivity index (χ1n) is 8.51. The van der Waals surface area contributed by atoms with Crippen molar-refractivity contribution in [2.75, 3.05) is 20.3 Å². The van der Waals surface area contributed by atoms with Crippen molar-refractivity contribution in [2.45, 2.75) is 38.6 Å².